The van der Waals surface area contributed by atoms with Crippen LogP contribution < -0.4 is 10.0 Å². The van der Waals surface area contributed by atoms with Gasteiger partial charge in [-0.15, -0.1) is 0 Å². The Hall–Kier alpha value is -1.60. The van der Waals surface area contributed by atoms with Crippen molar-refractivity contribution in [2.75, 3.05) is 32.9 Å². The summed E-state index contributed by atoms with van der Waals surface area (Å²) in [5.41, 5.74) is 2.51. The van der Waals surface area contributed by atoms with E-state index in [9.17, 15) is 8.42 Å². The minimum atomic E-state index is -3.24. The molecule has 0 aliphatic heterocycles. The van der Waals surface area contributed by atoms with Gasteiger partial charge in [-0.2, -0.15) is 0 Å². The molecule has 6 nitrogen and oxygen atoms in total. The molecular weight excluding hydrogens is 348 g/mol. The summed E-state index contributed by atoms with van der Waals surface area (Å²) in [5.74, 6) is 1.27. The molecule has 0 unspecified atom stereocenters. The van der Waals surface area contributed by atoms with E-state index in [1.54, 1.807) is 7.05 Å². The Labute approximate surface area is 158 Å². The van der Waals surface area contributed by atoms with Gasteiger partial charge in [0.2, 0.25) is 10.0 Å². The third-order valence-corrected chi connectivity index (χ3v) is 6.24. The molecule has 2 N–H and O–H groups in total. The Bertz CT molecular complexity index is 682. The minimum Gasteiger partial charge on any atom is -0.355 e. The van der Waals surface area contributed by atoms with Gasteiger partial charge in [-0.3, -0.25) is 4.99 Å². The third kappa shape index (κ3) is 6.61. The van der Waals surface area contributed by atoms with Crippen LogP contribution in [0.5, 0.6) is 0 Å². The molecule has 0 saturated heterocycles. The Kier molecular flexibility index (Phi) is 7.90. The maximum absolute atomic E-state index is 12.1. The van der Waals surface area contributed by atoms with E-state index in [1.165, 1.54) is 17.5 Å². The van der Waals surface area contributed by atoms with Crippen LogP contribution in [0.3, 0.4) is 0 Å². The molecule has 26 heavy (non-hydrogen) atoms. The van der Waals surface area contributed by atoms with E-state index in [0.29, 0.717) is 25.0 Å². The zero-order chi connectivity index (χ0) is 19.0. The molecule has 1 aliphatic carbocycles. The topological polar surface area (TPSA) is 73.8 Å². The summed E-state index contributed by atoms with van der Waals surface area (Å²) in [6, 6.07) is 8.52. The SMILES string of the molecule is CCc1ccc(CN(C)C(=NC)NCCS(=O)(=O)NCC2CCC2)cc1. The van der Waals surface area contributed by atoms with Gasteiger partial charge in [0.1, 0.15) is 0 Å². The first-order valence-electron chi connectivity index (χ1n) is 9.40. The highest BCUT2D eigenvalue weighted by Gasteiger charge is 2.20. The molecule has 1 aromatic rings. The van der Waals surface area contributed by atoms with Gasteiger partial charge in [-0.05, 0) is 36.3 Å². The highest BCUT2D eigenvalue weighted by molar-refractivity contribution is 7.89. The molecule has 1 fully saturated rings. The summed E-state index contributed by atoms with van der Waals surface area (Å²) in [4.78, 5) is 6.25. The monoisotopic (exact) mass is 380 g/mol. The van der Waals surface area contributed by atoms with Gasteiger partial charge in [0, 0.05) is 33.7 Å². The van der Waals surface area contributed by atoms with Crippen molar-refractivity contribution in [3.05, 3.63) is 35.4 Å². The molecule has 2 rings (SSSR count). The number of nitrogens with one attached hydrogen (secondary N) is 2. The van der Waals surface area contributed by atoms with Crippen molar-refractivity contribution in [2.24, 2.45) is 10.9 Å². The molecule has 0 amide bonds. The molecule has 1 aliphatic rings. The average molecular weight is 381 g/mol. The molecule has 1 aromatic carbocycles. The molecule has 0 radical (unpaired) electrons. The Morgan fingerprint density at radius 1 is 1.23 bits per heavy atom. The Morgan fingerprint density at radius 3 is 2.42 bits per heavy atom. The summed E-state index contributed by atoms with van der Waals surface area (Å²) in [6.45, 7) is 3.77. The van der Waals surface area contributed by atoms with Crippen molar-refractivity contribution < 1.29 is 8.42 Å². The van der Waals surface area contributed by atoms with Crippen LogP contribution >= 0.6 is 0 Å². The van der Waals surface area contributed by atoms with Gasteiger partial charge >= 0.3 is 0 Å². The first kappa shape index (κ1) is 20.7. The molecule has 0 atom stereocenters. The van der Waals surface area contributed by atoms with Gasteiger partial charge in [-0.1, -0.05) is 37.6 Å². The fourth-order valence-electron chi connectivity index (χ4n) is 2.92. The summed E-state index contributed by atoms with van der Waals surface area (Å²) in [5, 5.41) is 3.14. The molecule has 0 heterocycles. The van der Waals surface area contributed by atoms with Crippen molar-refractivity contribution in [2.45, 2.75) is 39.2 Å². The summed E-state index contributed by atoms with van der Waals surface area (Å²) in [7, 11) is 0.426. The highest BCUT2D eigenvalue weighted by Crippen LogP contribution is 2.25. The van der Waals surface area contributed by atoms with Crippen molar-refractivity contribution in [1.82, 2.24) is 14.9 Å². The summed E-state index contributed by atoms with van der Waals surface area (Å²) < 4.78 is 26.8. The van der Waals surface area contributed by atoms with Crippen LogP contribution in [0, 0.1) is 5.92 Å². The molecule has 7 heteroatoms. The van der Waals surface area contributed by atoms with Gasteiger partial charge in [0.25, 0.3) is 0 Å². The van der Waals surface area contributed by atoms with E-state index < -0.39 is 10.0 Å². The maximum Gasteiger partial charge on any atom is 0.213 e. The quantitative estimate of drug-likeness (QED) is 0.507. The largest absolute Gasteiger partial charge is 0.355 e. The number of guanidine groups is 1. The second-order valence-corrected chi connectivity index (χ2v) is 8.89. The number of hydrogen-bond donors (Lipinski definition) is 2. The highest BCUT2D eigenvalue weighted by atomic mass is 32.2. The lowest BCUT2D eigenvalue weighted by Gasteiger charge is -2.25. The summed E-state index contributed by atoms with van der Waals surface area (Å²) in [6.07, 6.45) is 4.52. The lowest BCUT2D eigenvalue weighted by Crippen LogP contribution is -2.42. The van der Waals surface area contributed by atoms with E-state index >= 15 is 0 Å². The number of aliphatic imine (C=N–C) groups is 1. The van der Waals surface area contributed by atoms with E-state index in [-0.39, 0.29) is 5.75 Å². The van der Waals surface area contributed by atoms with Gasteiger partial charge < -0.3 is 10.2 Å². The van der Waals surface area contributed by atoms with Crippen LogP contribution in [0.15, 0.2) is 29.3 Å². The Balaban J connectivity index is 1.76. The van der Waals surface area contributed by atoms with Crippen LogP contribution in [0.25, 0.3) is 0 Å². The zero-order valence-electron chi connectivity index (χ0n) is 16.2. The van der Waals surface area contributed by atoms with Gasteiger partial charge in [0.05, 0.1) is 5.75 Å². The zero-order valence-corrected chi connectivity index (χ0v) is 17.0. The summed E-state index contributed by atoms with van der Waals surface area (Å²) >= 11 is 0. The predicted octanol–water partition coefficient (Wildman–Crippen LogP) is 1.98. The normalized spacial score (nSPS) is 15.6. The Morgan fingerprint density at radius 2 is 1.88 bits per heavy atom. The molecule has 146 valence electrons. The fourth-order valence-corrected chi connectivity index (χ4v) is 3.93. The molecule has 0 bridgehead atoms. The van der Waals surface area contributed by atoms with E-state index in [4.69, 9.17) is 0 Å². The maximum atomic E-state index is 12.1. The molecule has 0 spiro atoms. The number of nitrogens with zero attached hydrogens (tertiary/aromatic N) is 2. The van der Waals surface area contributed by atoms with Crippen LogP contribution in [0.4, 0.5) is 0 Å². The second-order valence-electron chi connectivity index (χ2n) is 6.96. The third-order valence-electron chi connectivity index (χ3n) is 4.89. The number of benzene rings is 1. The van der Waals surface area contributed by atoms with E-state index in [1.807, 2.05) is 11.9 Å². The average Bonchev–Trinajstić information content (AvgIpc) is 2.57. The first-order chi connectivity index (χ1) is 12.4. The van der Waals surface area contributed by atoms with Crippen molar-refractivity contribution >= 4 is 16.0 Å². The predicted molar refractivity (Wildman–Crippen MR) is 108 cm³/mol. The number of hydrogen-bond acceptors (Lipinski definition) is 3. The number of rotatable bonds is 9. The lowest BCUT2D eigenvalue weighted by atomic mass is 9.86. The van der Waals surface area contributed by atoms with Crippen LogP contribution in [0.1, 0.15) is 37.3 Å². The van der Waals surface area contributed by atoms with Crippen molar-refractivity contribution in [3.8, 4) is 0 Å². The molecular formula is C19H32N4O2S. The second kappa shape index (κ2) is 9.92. The lowest BCUT2D eigenvalue weighted by molar-refractivity contribution is 0.316. The molecule has 0 aromatic heterocycles. The van der Waals surface area contributed by atoms with Gasteiger partial charge in [-0.25, -0.2) is 13.1 Å². The van der Waals surface area contributed by atoms with Crippen molar-refractivity contribution in [3.63, 3.8) is 0 Å². The van der Waals surface area contributed by atoms with Crippen LogP contribution in [0.2, 0.25) is 0 Å². The fraction of sp³-hybridized carbons (Fsp3) is 0.632. The standard InChI is InChI=1S/C19H32N4O2S/c1-4-16-8-10-18(11-9-16)15-23(3)19(20-2)21-12-13-26(24,25)22-14-17-6-5-7-17/h8-11,17,22H,4-7,12-15H2,1-3H3,(H,20,21). The van der Waals surface area contributed by atoms with E-state index in [0.717, 1.165) is 25.8 Å². The van der Waals surface area contributed by atoms with E-state index in [2.05, 4.69) is 46.2 Å². The van der Waals surface area contributed by atoms with Crippen molar-refractivity contribution in [1.29, 1.82) is 0 Å². The van der Waals surface area contributed by atoms with Gasteiger partial charge in [0.15, 0.2) is 5.96 Å². The molecule has 1 saturated carbocycles. The van der Waals surface area contributed by atoms with Crippen LogP contribution in [-0.4, -0.2) is 52.2 Å². The number of aryl methyl sites for hydroxylation is 1. The number of sulfonamides is 1. The minimum absolute atomic E-state index is 0.0534. The smallest absolute Gasteiger partial charge is 0.213 e. The van der Waals surface area contributed by atoms with Crippen LogP contribution in [-0.2, 0) is 23.0 Å². The first-order valence-corrected chi connectivity index (χ1v) is 11.1.